The number of ether oxygens (including phenoxy) is 2. The van der Waals surface area contributed by atoms with E-state index >= 15 is 0 Å². The van der Waals surface area contributed by atoms with Crippen molar-refractivity contribution in [2.75, 3.05) is 20.0 Å². The molecule has 2 aromatic rings. The molecule has 0 aliphatic heterocycles. The summed E-state index contributed by atoms with van der Waals surface area (Å²) in [5.74, 6) is 1.62. The third-order valence-corrected chi connectivity index (χ3v) is 2.70. The maximum atomic E-state index is 6.11. The minimum atomic E-state index is 0.451. The van der Waals surface area contributed by atoms with Crippen molar-refractivity contribution < 1.29 is 9.47 Å². The first-order valence-electron chi connectivity index (χ1n) is 4.88. The lowest BCUT2D eigenvalue weighted by Gasteiger charge is -2.11. The monoisotopic (exact) mass is 253 g/mol. The fraction of sp³-hybridized carbons (Fsp3) is 0.182. The highest BCUT2D eigenvalue weighted by molar-refractivity contribution is 6.32. The molecule has 0 saturated carbocycles. The highest BCUT2D eigenvalue weighted by atomic mass is 35.5. The van der Waals surface area contributed by atoms with Gasteiger partial charge in [-0.3, -0.25) is 5.10 Å². The van der Waals surface area contributed by atoms with Gasteiger partial charge in [-0.15, -0.1) is 0 Å². The molecule has 0 aliphatic rings. The summed E-state index contributed by atoms with van der Waals surface area (Å²) in [5, 5.41) is 6.99. The van der Waals surface area contributed by atoms with Gasteiger partial charge in [-0.2, -0.15) is 5.10 Å². The van der Waals surface area contributed by atoms with Crippen molar-refractivity contribution in [3.63, 3.8) is 0 Å². The van der Waals surface area contributed by atoms with E-state index in [9.17, 15) is 0 Å². The van der Waals surface area contributed by atoms with E-state index in [0.29, 0.717) is 22.3 Å². The fourth-order valence-corrected chi connectivity index (χ4v) is 1.89. The Kier molecular flexibility index (Phi) is 3.10. The molecule has 0 fully saturated rings. The van der Waals surface area contributed by atoms with Gasteiger partial charge in [0.2, 0.25) is 0 Å². The Balaban J connectivity index is 2.66. The molecule has 0 spiro atoms. The second-order valence-corrected chi connectivity index (χ2v) is 3.79. The van der Waals surface area contributed by atoms with Crippen molar-refractivity contribution in [1.29, 1.82) is 0 Å². The molecule has 1 heterocycles. The van der Waals surface area contributed by atoms with Crippen LogP contribution >= 0.6 is 11.6 Å². The Bertz CT molecular complexity index is 540. The Morgan fingerprint density at radius 2 is 2.00 bits per heavy atom. The highest BCUT2D eigenvalue weighted by Crippen LogP contribution is 2.40. The first-order chi connectivity index (χ1) is 8.17. The number of hydrogen-bond acceptors (Lipinski definition) is 4. The summed E-state index contributed by atoms with van der Waals surface area (Å²) in [6.45, 7) is 0. The molecule has 2 rings (SSSR count). The molecule has 5 nitrogen and oxygen atoms in total. The summed E-state index contributed by atoms with van der Waals surface area (Å²) >= 11 is 6.11. The summed E-state index contributed by atoms with van der Waals surface area (Å²) in [6.07, 6.45) is 1.61. The maximum Gasteiger partial charge on any atom is 0.145 e. The fourth-order valence-electron chi connectivity index (χ4n) is 1.60. The van der Waals surface area contributed by atoms with Gasteiger partial charge >= 0.3 is 0 Å². The molecule has 0 saturated heterocycles. The number of nitrogens with one attached hydrogen (secondary N) is 1. The number of aromatic nitrogens is 2. The van der Waals surface area contributed by atoms with E-state index in [0.717, 1.165) is 11.1 Å². The molecule has 6 heteroatoms. The van der Waals surface area contributed by atoms with Gasteiger partial charge in [0.25, 0.3) is 0 Å². The van der Waals surface area contributed by atoms with E-state index < -0.39 is 0 Å². The van der Waals surface area contributed by atoms with Crippen molar-refractivity contribution >= 4 is 17.4 Å². The van der Waals surface area contributed by atoms with E-state index in [-0.39, 0.29) is 0 Å². The van der Waals surface area contributed by atoms with Crippen LogP contribution in [-0.4, -0.2) is 24.4 Å². The number of halogens is 1. The zero-order chi connectivity index (χ0) is 12.4. The van der Waals surface area contributed by atoms with Crippen molar-refractivity contribution in [3.05, 3.63) is 23.4 Å². The van der Waals surface area contributed by atoms with Gasteiger partial charge in [0.05, 0.1) is 25.4 Å². The highest BCUT2D eigenvalue weighted by Gasteiger charge is 2.15. The molecule has 0 atom stereocenters. The lowest BCUT2D eigenvalue weighted by molar-refractivity contribution is 0.404. The standard InChI is InChI=1S/C11H12ClN3O2/c1-16-6-3-7(8-5-14-15-11(8)13)10(17-2)9(12)4-6/h3-5H,1-2H3,(H3,13,14,15). The first-order valence-corrected chi connectivity index (χ1v) is 5.26. The normalized spacial score (nSPS) is 10.3. The molecule has 1 aromatic heterocycles. The van der Waals surface area contributed by atoms with Gasteiger partial charge in [0, 0.05) is 17.2 Å². The smallest absolute Gasteiger partial charge is 0.145 e. The summed E-state index contributed by atoms with van der Waals surface area (Å²) in [5.41, 5.74) is 7.24. The van der Waals surface area contributed by atoms with Gasteiger partial charge in [-0.1, -0.05) is 11.6 Å². The van der Waals surface area contributed by atoms with Crippen molar-refractivity contribution in [2.45, 2.75) is 0 Å². The second-order valence-electron chi connectivity index (χ2n) is 3.39. The molecule has 0 amide bonds. The SMILES string of the molecule is COc1cc(Cl)c(OC)c(-c2cn[nH]c2N)c1. The molecule has 0 radical (unpaired) electrons. The van der Waals surface area contributed by atoms with E-state index in [4.69, 9.17) is 26.8 Å². The lowest BCUT2D eigenvalue weighted by Crippen LogP contribution is -1.94. The average Bonchev–Trinajstić information content (AvgIpc) is 2.74. The molecule has 90 valence electrons. The molecular weight excluding hydrogens is 242 g/mol. The van der Waals surface area contributed by atoms with Crippen LogP contribution in [-0.2, 0) is 0 Å². The van der Waals surface area contributed by atoms with Crippen LogP contribution in [0.15, 0.2) is 18.3 Å². The molecule has 3 N–H and O–H groups in total. The maximum absolute atomic E-state index is 6.11. The molecule has 1 aromatic carbocycles. The van der Waals surface area contributed by atoms with Crippen LogP contribution in [0.4, 0.5) is 5.82 Å². The summed E-state index contributed by atoms with van der Waals surface area (Å²) in [6, 6.07) is 3.48. The minimum absolute atomic E-state index is 0.451. The van der Waals surface area contributed by atoms with Gasteiger partial charge in [-0.25, -0.2) is 0 Å². The Morgan fingerprint density at radius 3 is 2.53 bits per heavy atom. The van der Waals surface area contributed by atoms with Crippen molar-refractivity contribution in [3.8, 4) is 22.6 Å². The Hall–Kier alpha value is -1.88. The van der Waals surface area contributed by atoms with Gasteiger partial charge in [-0.05, 0) is 6.07 Å². The van der Waals surface area contributed by atoms with Crippen LogP contribution in [0.3, 0.4) is 0 Å². The number of benzene rings is 1. The average molecular weight is 254 g/mol. The predicted molar refractivity (Wildman–Crippen MR) is 66.6 cm³/mol. The number of rotatable bonds is 3. The molecule has 0 aliphatic carbocycles. The first kappa shape index (κ1) is 11.6. The molecule has 0 bridgehead atoms. The molecule has 17 heavy (non-hydrogen) atoms. The zero-order valence-corrected chi connectivity index (χ0v) is 10.2. The Labute approximate surface area is 103 Å². The third-order valence-electron chi connectivity index (χ3n) is 2.42. The van der Waals surface area contributed by atoms with Gasteiger partial charge in [0.15, 0.2) is 0 Å². The second kappa shape index (κ2) is 4.55. The summed E-state index contributed by atoms with van der Waals surface area (Å²) in [7, 11) is 3.12. The summed E-state index contributed by atoms with van der Waals surface area (Å²) < 4.78 is 10.4. The number of anilines is 1. The number of nitrogens with two attached hydrogens (primary N) is 1. The molecule has 0 unspecified atom stereocenters. The summed E-state index contributed by atoms with van der Waals surface area (Å²) in [4.78, 5) is 0. The number of methoxy groups -OCH3 is 2. The Morgan fingerprint density at radius 1 is 1.24 bits per heavy atom. The predicted octanol–water partition coefficient (Wildman–Crippen LogP) is 2.33. The van der Waals surface area contributed by atoms with Crippen LogP contribution < -0.4 is 15.2 Å². The van der Waals surface area contributed by atoms with E-state index in [1.54, 1.807) is 32.5 Å². The van der Waals surface area contributed by atoms with Crippen molar-refractivity contribution in [2.24, 2.45) is 0 Å². The van der Waals surface area contributed by atoms with Crippen LogP contribution in [0.5, 0.6) is 11.5 Å². The van der Waals surface area contributed by atoms with Gasteiger partial charge < -0.3 is 15.2 Å². The largest absolute Gasteiger partial charge is 0.497 e. The number of hydrogen-bond donors (Lipinski definition) is 2. The van der Waals surface area contributed by atoms with Crippen LogP contribution in [0.1, 0.15) is 0 Å². The number of nitrogens with zero attached hydrogens (tertiary/aromatic N) is 1. The van der Waals surface area contributed by atoms with E-state index in [1.165, 1.54) is 0 Å². The quantitative estimate of drug-likeness (QED) is 0.881. The third kappa shape index (κ3) is 2.01. The van der Waals surface area contributed by atoms with Crippen molar-refractivity contribution in [1.82, 2.24) is 10.2 Å². The molecular formula is C11H12ClN3O2. The van der Waals surface area contributed by atoms with Crippen LogP contribution in [0, 0.1) is 0 Å². The minimum Gasteiger partial charge on any atom is -0.497 e. The van der Waals surface area contributed by atoms with Crippen LogP contribution in [0.25, 0.3) is 11.1 Å². The number of nitrogen functional groups attached to an aromatic ring is 1. The lowest BCUT2D eigenvalue weighted by atomic mass is 10.1. The topological polar surface area (TPSA) is 73.2 Å². The number of H-pyrrole nitrogens is 1. The zero-order valence-electron chi connectivity index (χ0n) is 9.45. The van der Waals surface area contributed by atoms with E-state index in [1.807, 2.05) is 0 Å². The number of aromatic amines is 1. The van der Waals surface area contributed by atoms with E-state index in [2.05, 4.69) is 10.2 Å². The van der Waals surface area contributed by atoms with Gasteiger partial charge in [0.1, 0.15) is 17.3 Å². The van der Waals surface area contributed by atoms with Crippen LogP contribution in [0.2, 0.25) is 5.02 Å².